The van der Waals surface area contributed by atoms with Crippen molar-refractivity contribution in [2.24, 2.45) is 10.8 Å². The van der Waals surface area contributed by atoms with Crippen molar-refractivity contribution >= 4 is 23.5 Å². The lowest BCUT2D eigenvalue weighted by molar-refractivity contribution is 0.310. The summed E-state index contributed by atoms with van der Waals surface area (Å²) in [4.78, 5) is 0. The van der Waals surface area contributed by atoms with E-state index in [1.165, 1.54) is 0 Å². The fraction of sp³-hybridized carbons (Fsp3) is 0.273. The fourth-order valence-electron chi connectivity index (χ4n) is 1.26. The Hall–Kier alpha value is -1.82. The SMILES string of the molecule is CCOc1c(C=NNC(N)=S)cccc1OC. The number of rotatable bonds is 5. The van der Waals surface area contributed by atoms with Gasteiger partial charge in [0.05, 0.1) is 19.9 Å². The number of nitrogens with two attached hydrogens (primary N) is 1. The lowest BCUT2D eigenvalue weighted by Crippen LogP contribution is -2.24. The van der Waals surface area contributed by atoms with Gasteiger partial charge in [-0.25, -0.2) is 0 Å². The Morgan fingerprint density at radius 3 is 2.94 bits per heavy atom. The van der Waals surface area contributed by atoms with Crippen LogP contribution in [0.15, 0.2) is 23.3 Å². The molecular formula is C11H15N3O2S. The van der Waals surface area contributed by atoms with Gasteiger partial charge >= 0.3 is 0 Å². The fourth-order valence-corrected chi connectivity index (χ4v) is 1.31. The van der Waals surface area contributed by atoms with Crippen LogP contribution in [0, 0.1) is 0 Å². The van der Waals surface area contributed by atoms with Crippen LogP contribution in [-0.2, 0) is 0 Å². The molecular weight excluding hydrogens is 238 g/mol. The number of para-hydroxylation sites is 1. The monoisotopic (exact) mass is 253 g/mol. The second-order valence-electron chi connectivity index (χ2n) is 3.05. The summed E-state index contributed by atoms with van der Waals surface area (Å²) in [6.45, 7) is 2.45. The summed E-state index contributed by atoms with van der Waals surface area (Å²) in [7, 11) is 1.59. The summed E-state index contributed by atoms with van der Waals surface area (Å²) in [5.74, 6) is 1.30. The Balaban J connectivity index is 2.96. The van der Waals surface area contributed by atoms with Crippen molar-refractivity contribution in [1.82, 2.24) is 5.43 Å². The van der Waals surface area contributed by atoms with Crippen molar-refractivity contribution in [3.8, 4) is 11.5 Å². The van der Waals surface area contributed by atoms with Crippen molar-refractivity contribution in [2.75, 3.05) is 13.7 Å². The first-order valence-electron chi connectivity index (χ1n) is 5.07. The van der Waals surface area contributed by atoms with Crippen LogP contribution in [0.4, 0.5) is 0 Å². The third-order valence-electron chi connectivity index (χ3n) is 1.90. The van der Waals surface area contributed by atoms with Gasteiger partial charge in [-0.3, -0.25) is 5.43 Å². The highest BCUT2D eigenvalue weighted by Gasteiger charge is 2.07. The van der Waals surface area contributed by atoms with E-state index in [0.29, 0.717) is 18.1 Å². The van der Waals surface area contributed by atoms with Crippen LogP contribution in [0.2, 0.25) is 0 Å². The quantitative estimate of drug-likeness (QED) is 0.470. The minimum Gasteiger partial charge on any atom is -0.493 e. The first-order chi connectivity index (χ1) is 8.19. The molecule has 0 aliphatic carbocycles. The third-order valence-corrected chi connectivity index (χ3v) is 1.99. The molecule has 0 heterocycles. The maximum atomic E-state index is 5.51. The molecule has 0 aliphatic rings. The molecule has 0 aromatic heterocycles. The highest BCUT2D eigenvalue weighted by molar-refractivity contribution is 7.80. The van der Waals surface area contributed by atoms with Crippen molar-refractivity contribution in [3.05, 3.63) is 23.8 Å². The molecule has 1 aromatic carbocycles. The Bertz CT molecular complexity index is 421. The smallest absolute Gasteiger partial charge is 0.184 e. The number of hydrazone groups is 1. The minimum absolute atomic E-state index is 0.113. The number of hydrogen-bond donors (Lipinski definition) is 2. The van der Waals surface area contributed by atoms with E-state index in [1.807, 2.05) is 25.1 Å². The number of benzene rings is 1. The molecule has 17 heavy (non-hydrogen) atoms. The molecule has 0 unspecified atom stereocenters. The second-order valence-corrected chi connectivity index (χ2v) is 3.49. The summed E-state index contributed by atoms with van der Waals surface area (Å²) in [6.07, 6.45) is 1.58. The number of hydrogen-bond acceptors (Lipinski definition) is 4. The van der Waals surface area contributed by atoms with Gasteiger partial charge in [0.2, 0.25) is 0 Å². The molecule has 3 N–H and O–H groups in total. The van der Waals surface area contributed by atoms with Crippen LogP contribution < -0.4 is 20.6 Å². The van der Waals surface area contributed by atoms with Gasteiger partial charge in [-0.05, 0) is 31.3 Å². The average Bonchev–Trinajstić information content (AvgIpc) is 2.30. The molecule has 0 saturated carbocycles. The molecule has 1 rings (SSSR count). The lowest BCUT2D eigenvalue weighted by atomic mass is 10.2. The van der Waals surface area contributed by atoms with Gasteiger partial charge in [-0.15, -0.1) is 0 Å². The predicted octanol–water partition coefficient (Wildman–Crippen LogP) is 1.26. The maximum Gasteiger partial charge on any atom is 0.184 e. The summed E-state index contributed by atoms with van der Waals surface area (Å²) in [5.41, 5.74) is 8.53. The first kappa shape index (κ1) is 13.2. The summed E-state index contributed by atoms with van der Waals surface area (Å²) >= 11 is 4.64. The van der Waals surface area contributed by atoms with E-state index in [2.05, 4.69) is 22.7 Å². The highest BCUT2D eigenvalue weighted by Crippen LogP contribution is 2.29. The van der Waals surface area contributed by atoms with Gasteiger partial charge in [0.1, 0.15) is 0 Å². The standard InChI is InChI=1S/C11H15N3O2S/c1-3-16-10-8(7-13-14-11(12)17)5-4-6-9(10)15-2/h4-7H,3H2,1-2H3,(H3,12,14,17). The molecule has 0 radical (unpaired) electrons. The molecule has 0 aliphatic heterocycles. The Morgan fingerprint density at radius 2 is 2.35 bits per heavy atom. The van der Waals surface area contributed by atoms with Crippen molar-refractivity contribution in [2.45, 2.75) is 6.92 Å². The Morgan fingerprint density at radius 1 is 1.59 bits per heavy atom. The van der Waals surface area contributed by atoms with E-state index in [9.17, 15) is 0 Å². The third kappa shape index (κ3) is 3.92. The molecule has 6 heteroatoms. The topological polar surface area (TPSA) is 68.9 Å². The second kappa shape index (κ2) is 6.70. The average molecular weight is 253 g/mol. The van der Waals surface area contributed by atoms with Gasteiger partial charge in [0, 0.05) is 5.56 Å². The Kier molecular flexibility index (Phi) is 5.22. The van der Waals surface area contributed by atoms with Crippen molar-refractivity contribution in [3.63, 3.8) is 0 Å². The zero-order valence-electron chi connectivity index (χ0n) is 9.77. The van der Waals surface area contributed by atoms with Crippen LogP contribution in [0.1, 0.15) is 12.5 Å². The van der Waals surface area contributed by atoms with E-state index < -0.39 is 0 Å². The first-order valence-corrected chi connectivity index (χ1v) is 5.48. The van der Waals surface area contributed by atoms with Crippen LogP contribution >= 0.6 is 12.2 Å². The summed E-state index contributed by atoms with van der Waals surface area (Å²) < 4.78 is 10.7. The predicted molar refractivity (Wildman–Crippen MR) is 71.7 cm³/mol. The number of thiocarbonyl (C=S) groups is 1. The number of nitrogens with one attached hydrogen (secondary N) is 1. The summed E-state index contributed by atoms with van der Waals surface area (Å²) in [6, 6.07) is 5.53. The number of nitrogens with zero attached hydrogens (tertiary/aromatic N) is 1. The van der Waals surface area contributed by atoms with Gasteiger partial charge in [-0.1, -0.05) is 6.07 Å². The van der Waals surface area contributed by atoms with Gasteiger partial charge < -0.3 is 15.2 Å². The molecule has 0 spiro atoms. The zero-order chi connectivity index (χ0) is 12.7. The molecule has 0 fully saturated rings. The number of ether oxygens (including phenoxy) is 2. The van der Waals surface area contributed by atoms with Crippen LogP contribution in [0.3, 0.4) is 0 Å². The zero-order valence-corrected chi connectivity index (χ0v) is 10.6. The largest absolute Gasteiger partial charge is 0.493 e. The van der Waals surface area contributed by atoms with Gasteiger partial charge in [0.25, 0.3) is 0 Å². The molecule has 1 aromatic rings. The van der Waals surface area contributed by atoms with Crippen LogP contribution in [-0.4, -0.2) is 25.0 Å². The van der Waals surface area contributed by atoms with Crippen molar-refractivity contribution < 1.29 is 9.47 Å². The van der Waals surface area contributed by atoms with E-state index in [1.54, 1.807) is 13.3 Å². The molecule has 5 nitrogen and oxygen atoms in total. The minimum atomic E-state index is 0.113. The molecule has 92 valence electrons. The number of methoxy groups -OCH3 is 1. The van der Waals surface area contributed by atoms with E-state index >= 15 is 0 Å². The normalized spacial score (nSPS) is 10.2. The van der Waals surface area contributed by atoms with Crippen LogP contribution in [0.5, 0.6) is 11.5 Å². The lowest BCUT2D eigenvalue weighted by Gasteiger charge is -2.11. The van der Waals surface area contributed by atoms with Crippen molar-refractivity contribution in [1.29, 1.82) is 0 Å². The molecule has 0 amide bonds. The Labute approximate surface area is 106 Å². The molecule has 0 saturated heterocycles. The van der Waals surface area contributed by atoms with E-state index in [-0.39, 0.29) is 5.11 Å². The van der Waals surface area contributed by atoms with Gasteiger partial charge in [0.15, 0.2) is 16.6 Å². The van der Waals surface area contributed by atoms with E-state index in [4.69, 9.17) is 15.2 Å². The highest BCUT2D eigenvalue weighted by atomic mass is 32.1. The van der Waals surface area contributed by atoms with Crippen LogP contribution in [0.25, 0.3) is 0 Å². The molecule has 0 atom stereocenters. The van der Waals surface area contributed by atoms with E-state index in [0.717, 1.165) is 5.56 Å². The maximum absolute atomic E-state index is 5.51. The summed E-state index contributed by atoms with van der Waals surface area (Å²) in [5, 5.41) is 4.00. The van der Waals surface area contributed by atoms with Gasteiger partial charge in [-0.2, -0.15) is 5.10 Å². The molecule has 0 bridgehead atoms.